The van der Waals surface area contributed by atoms with E-state index >= 15 is 0 Å². The van der Waals surface area contributed by atoms with Gasteiger partial charge in [-0.3, -0.25) is 0 Å². The van der Waals surface area contributed by atoms with Crippen LogP contribution < -0.4 is 15.8 Å². The molecule has 1 aliphatic rings. The van der Waals surface area contributed by atoms with Gasteiger partial charge in [0.1, 0.15) is 0 Å². The topological polar surface area (TPSA) is 64.8 Å². The van der Waals surface area contributed by atoms with Gasteiger partial charge in [0.2, 0.25) is 0 Å². The Kier molecular flexibility index (Phi) is 8.19. The maximum Gasteiger partial charge on any atom is 0.156 e. The number of hydrogen-bond acceptors (Lipinski definition) is 5. The number of anilines is 1. The molecule has 0 spiro atoms. The van der Waals surface area contributed by atoms with Gasteiger partial charge < -0.3 is 10.2 Å². The second-order valence-corrected chi connectivity index (χ2v) is 8.64. The minimum atomic E-state index is 0.576. The third-order valence-corrected chi connectivity index (χ3v) is 6.48. The normalized spacial score (nSPS) is 16.9. The molecule has 1 aliphatic heterocycles. The summed E-state index contributed by atoms with van der Waals surface area (Å²) in [6.07, 6.45) is 10.2. The quantitative estimate of drug-likeness (QED) is 0.756. The molecule has 0 radical (unpaired) electrons. The van der Waals surface area contributed by atoms with Gasteiger partial charge in [-0.1, -0.05) is 31.2 Å². The van der Waals surface area contributed by atoms with Crippen molar-refractivity contribution < 1.29 is 0 Å². The molecule has 1 aromatic carbocycles. The van der Waals surface area contributed by atoms with E-state index < -0.39 is 0 Å². The molecular weight excluding hydrogens is 394 g/mol. The summed E-state index contributed by atoms with van der Waals surface area (Å²) in [5, 5.41) is 24.0. The number of allylic oxidation sites excluding steroid dienone is 2. The number of hydrogen-bond donors (Lipinski definition) is 1. The summed E-state index contributed by atoms with van der Waals surface area (Å²) in [7, 11) is 2.20. The Hall–Kier alpha value is -2.97. The van der Waals surface area contributed by atoms with Crippen molar-refractivity contribution in [2.75, 3.05) is 25.5 Å². The summed E-state index contributed by atoms with van der Waals surface area (Å²) in [5.74, 6) is 1.37. The first-order valence-electron chi connectivity index (χ1n) is 11.6. The van der Waals surface area contributed by atoms with E-state index in [-0.39, 0.29) is 0 Å². The minimum absolute atomic E-state index is 0.576. The van der Waals surface area contributed by atoms with Crippen molar-refractivity contribution in [3.05, 3.63) is 62.7 Å². The molecule has 1 saturated heterocycles. The Morgan fingerprint density at radius 3 is 2.62 bits per heavy atom. The van der Waals surface area contributed by atoms with Crippen molar-refractivity contribution >= 4 is 18.0 Å². The summed E-state index contributed by atoms with van der Waals surface area (Å²) >= 11 is 0. The average Bonchev–Trinajstić information content (AvgIpc) is 2.79. The molecule has 3 rings (SSSR count). The monoisotopic (exact) mass is 429 g/mol. The maximum atomic E-state index is 9.35. The first-order chi connectivity index (χ1) is 15.5. The van der Waals surface area contributed by atoms with Crippen LogP contribution >= 0.6 is 0 Å². The van der Waals surface area contributed by atoms with E-state index in [2.05, 4.69) is 71.7 Å². The summed E-state index contributed by atoms with van der Waals surface area (Å²) in [4.78, 5) is 2.41. The van der Waals surface area contributed by atoms with E-state index in [4.69, 9.17) is 0 Å². The Balaban J connectivity index is 2.02. The number of aryl methyl sites for hydroxylation is 1. The number of nitriles is 1. The fourth-order valence-corrected chi connectivity index (χ4v) is 4.46. The highest BCUT2D eigenvalue weighted by atomic mass is 15.2. The zero-order valence-electron chi connectivity index (χ0n) is 20.1. The van der Waals surface area contributed by atoms with Crippen LogP contribution in [-0.2, 0) is 6.54 Å². The van der Waals surface area contributed by atoms with Crippen molar-refractivity contribution in [2.24, 2.45) is 5.92 Å². The summed E-state index contributed by atoms with van der Waals surface area (Å²) in [6.45, 7) is 11.2. The van der Waals surface area contributed by atoms with Crippen molar-refractivity contribution in [3.63, 3.8) is 0 Å². The highest BCUT2D eigenvalue weighted by Crippen LogP contribution is 2.25. The summed E-state index contributed by atoms with van der Waals surface area (Å²) < 4.78 is 0. The average molecular weight is 430 g/mol. The van der Waals surface area contributed by atoms with Crippen LogP contribution in [0.1, 0.15) is 55.5 Å². The van der Waals surface area contributed by atoms with E-state index in [0.717, 1.165) is 52.6 Å². The molecule has 2 heterocycles. The molecule has 168 valence electrons. The van der Waals surface area contributed by atoms with E-state index in [0.29, 0.717) is 18.0 Å². The molecular formula is C27H35N5. The lowest BCUT2D eigenvalue weighted by atomic mass is 9.88. The van der Waals surface area contributed by atoms with Gasteiger partial charge in [-0.15, -0.1) is 5.10 Å². The second-order valence-electron chi connectivity index (χ2n) is 8.64. The fraction of sp³-hybridized carbons (Fsp3) is 0.444. The molecule has 1 fully saturated rings. The highest BCUT2D eigenvalue weighted by Gasteiger charge is 2.19. The smallest absolute Gasteiger partial charge is 0.156 e. The summed E-state index contributed by atoms with van der Waals surface area (Å²) in [6, 6.07) is 8.12. The fourth-order valence-electron chi connectivity index (χ4n) is 4.46. The molecule has 1 N–H and O–H groups in total. The lowest BCUT2D eigenvalue weighted by Gasteiger charge is -2.30. The van der Waals surface area contributed by atoms with Gasteiger partial charge in [0.05, 0.1) is 17.3 Å². The van der Waals surface area contributed by atoms with Gasteiger partial charge in [0.15, 0.2) is 5.82 Å². The molecule has 5 heteroatoms. The molecule has 0 amide bonds. The van der Waals surface area contributed by atoms with Crippen LogP contribution in [0.5, 0.6) is 0 Å². The Labute approximate surface area is 192 Å². The molecule has 0 aliphatic carbocycles. The van der Waals surface area contributed by atoms with E-state index in [1.54, 1.807) is 0 Å². The Morgan fingerprint density at radius 2 is 1.97 bits per heavy atom. The molecule has 0 bridgehead atoms. The zero-order valence-corrected chi connectivity index (χ0v) is 20.1. The summed E-state index contributed by atoms with van der Waals surface area (Å²) in [5.41, 5.74) is 5.16. The van der Waals surface area contributed by atoms with Crippen LogP contribution in [0, 0.1) is 31.1 Å². The zero-order chi connectivity index (χ0) is 23.1. The molecule has 5 nitrogen and oxygen atoms in total. The highest BCUT2D eigenvalue weighted by molar-refractivity contribution is 5.56. The van der Waals surface area contributed by atoms with Gasteiger partial charge >= 0.3 is 0 Å². The predicted octanol–water partition coefficient (Wildman–Crippen LogP) is 3.84. The first kappa shape index (κ1) is 23.7. The number of nitrogens with zero attached hydrogens (tertiary/aromatic N) is 4. The molecule has 0 atom stereocenters. The van der Waals surface area contributed by atoms with Crippen molar-refractivity contribution in [1.29, 1.82) is 5.26 Å². The van der Waals surface area contributed by atoms with Crippen LogP contribution in [0.25, 0.3) is 12.2 Å². The molecule has 0 unspecified atom stereocenters. The Bertz CT molecular complexity index is 1130. The number of benzene rings is 1. The van der Waals surface area contributed by atoms with Crippen molar-refractivity contribution in [2.45, 2.75) is 53.5 Å². The largest absolute Gasteiger partial charge is 0.364 e. The predicted molar refractivity (Wildman–Crippen MR) is 132 cm³/mol. The second kappa shape index (κ2) is 11.1. The Morgan fingerprint density at radius 1 is 1.22 bits per heavy atom. The number of aromatic nitrogens is 2. The molecule has 0 saturated carbocycles. The van der Waals surface area contributed by atoms with Crippen molar-refractivity contribution in [3.8, 4) is 6.07 Å². The maximum absolute atomic E-state index is 9.35. The molecule has 32 heavy (non-hydrogen) atoms. The van der Waals surface area contributed by atoms with Crippen LogP contribution in [0.3, 0.4) is 0 Å². The number of rotatable bonds is 6. The van der Waals surface area contributed by atoms with E-state index in [1.807, 2.05) is 26.0 Å². The van der Waals surface area contributed by atoms with Gasteiger partial charge in [-0.25, -0.2) is 0 Å². The lowest BCUT2D eigenvalue weighted by Crippen LogP contribution is -2.35. The van der Waals surface area contributed by atoms with Gasteiger partial charge in [0.25, 0.3) is 0 Å². The number of likely N-dealkylation sites (tertiary alicyclic amines) is 1. The van der Waals surface area contributed by atoms with Crippen LogP contribution in [0.15, 0.2) is 29.8 Å². The third kappa shape index (κ3) is 5.44. The van der Waals surface area contributed by atoms with Crippen LogP contribution in [0.4, 0.5) is 5.82 Å². The third-order valence-electron chi connectivity index (χ3n) is 6.48. The minimum Gasteiger partial charge on any atom is -0.364 e. The first-order valence-corrected chi connectivity index (χ1v) is 11.6. The van der Waals surface area contributed by atoms with Crippen LogP contribution in [-0.4, -0.2) is 35.2 Å². The van der Waals surface area contributed by atoms with Gasteiger partial charge in [-0.05, 0) is 94.9 Å². The number of nitrogens with one attached hydrogen (secondary N) is 1. The van der Waals surface area contributed by atoms with E-state index in [9.17, 15) is 5.26 Å². The standard InChI is InChI=1S/C27H35N5/c1-6-9-22(21-12-14-32(5)15-13-21)16-26-25(7-2)20(4)30-31-27(26)29-18-24-11-8-10-23(17-28)19(24)3/h7-11,16,21H,6,12-15,18H2,1-5H3,(H,29,31)/b22-9-,25-7-,26-16+. The van der Waals surface area contributed by atoms with Crippen LogP contribution in [0.2, 0.25) is 0 Å². The molecule has 2 aromatic rings. The lowest BCUT2D eigenvalue weighted by molar-refractivity contribution is 0.240. The van der Waals surface area contributed by atoms with Gasteiger partial charge in [0, 0.05) is 17.0 Å². The van der Waals surface area contributed by atoms with Gasteiger partial charge in [-0.2, -0.15) is 10.4 Å². The van der Waals surface area contributed by atoms with Crippen molar-refractivity contribution in [1.82, 2.24) is 15.1 Å². The molecule has 1 aromatic heterocycles. The number of piperidine rings is 1. The SMILES string of the molecule is C/C=c1/c(C)nnc(NCc2cccc(C#N)c2C)/c1=C/C(=C/CC)C1CCN(C)CC1. The van der Waals surface area contributed by atoms with E-state index in [1.165, 1.54) is 18.4 Å².